The number of nitrogens with zero attached hydrogens (tertiary/aromatic N) is 5. The third-order valence-electron chi connectivity index (χ3n) is 5.79. The quantitative estimate of drug-likeness (QED) is 0.572. The summed E-state index contributed by atoms with van der Waals surface area (Å²) in [6, 6.07) is 11.3. The summed E-state index contributed by atoms with van der Waals surface area (Å²) in [5.74, 6) is 1.74. The fourth-order valence-corrected chi connectivity index (χ4v) is 4.26. The van der Waals surface area contributed by atoms with Crippen molar-refractivity contribution in [3.8, 4) is 11.3 Å². The molecule has 7 nitrogen and oxygen atoms in total. The van der Waals surface area contributed by atoms with Crippen LogP contribution in [-0.4, -0.2) is 33.8 Å². The monoisotopic (exact) mass is 441 g/mol. The van der Waals surface area contributed by atoms with E-state index in [2.05, 4.69) is 26.8 Å². The Morgan fingerprint density at radius 2 is 2.09 bits per heavy atom. The molecular formula is C25H24FN7. The van der Waals surface area contributed by atoms with Gasteiger partial charge >= 0.3 is 0 Å². The number of halogens is 1. The lowest BCUT2D eigenvalue weighted by Gasteiger charge is -2.29. The van der Waals surface area contributed by atoms with Gasteiger partial charge in [-0.25, -0.2) is 14.4 Å². The molecule has 3 aromatic rings. The number of pyridine rings is 3. The van der Waals surface area contributed by atoms with Gasteiger partial charge in [0.25, 0.3) is 0 Å². The Bertz CT molecular complexity index is 1270. The van der Waals surface area contributed by atoms with Crippen molar-refractivity contribution < 1.29 is 4.39 Å². The molecule has 0 aromatic carbocycles. The van der Waals surface area contributed by atoms with E-state index in [9.17, 15) is 4.39 Å². The molecule has 0 fully saturated rings. The molecule has 8 heteroatoms. The summed E-state index contributed by atoms with van der Waals surface area (Å²) >= 11 is 0. The van der Waals surface area contributed by atoms with Crippen LogP contribution in [0.3, 0.4) is 0 Å². The molecule has 5 heterocycles. The number of nitrogens with one attached hydrogen (secondary N) is 1. The first-order valence-corrected chi connectivity index (χ1v) is 10.9. The summed E-state index contributed by atoms with van der Waals surface area (Å²) in [4.78, 5) is 19.8. The highest BCUT2D eigenvalue weighted by Gasteiger charge is 2.32. The summed E-state index contributed by atoms with van der Waals surface area (Å²) in [7, 11) is 0. The number of rotatable bonds is 7. The number of nitrogens with two attached hydrogens (primary N) is 1. The standard InChI is InChI=1S/C25H24FN7/c1-16(30-24-4-2-3-22(31-24)18-8-10-28-13-18)33-21(7-9-27)12-17-5-6-23(32-25(17)33)19-11-20(26)15-29-14-19/h2-6,10-11,13-15,21H,1,7-9,12,27H2,(H,30,31)/t21-/m0/s1. The molecule has 5 rings (SSSR count). The summed E-state index contributed by atoms with van der Waals surface area (Å²) in [6.45, 7) is 4.84. The van der Waals surface area contributed by atoms with E-state index in [4.69, 9.17) is 15.7 Å². The van der Waals surface area contributed by atoms with E-state index in [1.54, 1.807) is 6.20 Å². The molecule has 2 aliphatic heterocycles. The van der Waals surface area contributed by atoms with Gasteiger partial charge in [-0.1, -0.05) is 18.7 Å². The zero-order valence-electron chi connectivity index (χ0n) is 18.1. The smallest absolute Gasteiger partial charge is 0.142 e. The van der Waals surface area contributed by atoms with E-state index in [0.29, 0.717) is 29.4 Å². The third kappa shape index (κ3) is 4.25. The zero-order chi connectivity index (χ0) is 22.8. The minimum Gasteiger partial charge on any atom is -0.330 e. The average molecular weight is 442 g/mol. The van der Waals surface area contributed by atoms with E-state index in [0.717, 1.165) is 41.9 Å². The summed E-state index contributed by atoms with van der Waals surface area (Å²) in [5.41, 5.74) is 10.2. The van der Waals surface area contributed by atoms with Crippen LogP contribution in [0.2, 0.25) is 0 Å². The van der Waals surface area contributed by atoms with Gasteiger partial charge in [-0.3, -0.25) is 9.98 Å². The summed E-state index contributed by atoms with van der Waals surface area (Å²) < 4.78 is 13.7. The van der Waals surface area contributed by atoms with Crippen LogP contribution in [0.4, 0.5) is 16.0 Å². The summed E-state index contributed by atoms with van der Waals surface area (Å²) in [5, 5.41) is 3.34. The van der Waals surface area contributed by atoms with Gasteiger partial charge in [0.15, 0.2) is 0 Å². The largest absolute Gasteiger partial charge is 0.330 e. The molecular weight excluding hydrogens is 417 g/mol. The molecule has 0 unspecified atom stereocenters. The Balaban J connectivity index is 1.44. The molecule has 0 spiro atoms. The van der Waals surface area contributed by atoms with Crippen molar-refractivity contribution in [2.75, 3.05) is 16.8 Å². The van der Waals surface area contributed by atoms with Crippen molar-refractivity contribution in [3.63, 3.8) is 0 Å². The van der Waals surface area contributed by atoms with Crippen LogP contribution in [-0.2, 0) is 6.42 Å². The van der Waals surface area contributed by atoms with E-state index in [-0.39, 0.29) is 6.04 Å². The maximum atomic E-state index is 13.7. The van der Waals surface area contributed by atoms with Crippen molar-refractivity contribution in [1.29, 1.82) is 0 Å². The van der Waals surface area contributed by atoms with Crippen LogP contribution < -0.4 is 16.0 Å². The molecule has 2 aliphatic rings. The Hall–Kier alpha value is -3.91. The number of hydrogen-bond acceptors (Lipinski definition) is 7. The van der Waals surface area contributed by atoms with Gasteiger partial charge in [-0.05, 0) is 49.2 Å². The van der Waals surface area contributed by atoms with Crippen LogP contribution in [0.25, 0.3) is 16.8 Å². The van der Waals surface area contributed by atoms with Crippen LogP contribution in [0.1, 0.15) is 24.1 Å². The topological polar surface area (TPSA) is 92.3 Å². The second kappa shape index (κ2) is 8.91. The first-order valence-electron chi connectivity index (χ1n) is 10.9. The minimum absolute atomic E-state index is 0.118. The fraction of sp³-hybridized carbons (Fsp3) is 0.200. The Morgan fingerprint density at radius 3 is 2.88 bits per heavy atom. The normalized spacial score (nSPS) is 16.6. The van der Waals surface area contributed by atoms with Gasteiger partial charge < -0.3 is 16.0 Å². The minimum atomic E-state index is -0.396. The van der Waals surface area contributed by atoms with Crippen LogP contribution in [0.5, 0.6) is 0 Å². The molecule has 0 radical (unpaired) electrons. The molecule has 166 valence electrons. The number of allylic oxidation sites excluding steroid dienone is 1. The van der Waals surface area contributed by atoms with Gasteiger partial charge in [0.2, 0.25) is 0 Å². The second-order valence-electron chi connectivity index (χ2n) is 8.05. The molecule has 0 bridgehead atoms. The van der Waals surface area contributed by atoms with Crippen LogP contribution >= 0.6 is 0 Å². The predicted octanol–water partition coefficient (Wildman–Crippen LogP) is 4.16. The highest BCUT2D eigenvalue weighted by molar-refractivity contribution is 5.83. The highest BCUT2D eigenvalue weighted by atomic mass is 19.1. The summed E-state index contributed by atoms with van der Waals surface area (Å²) in [6.07, 6.45) is 8.86. The van der Waals surface area contributed by atoms with E-state index >= 15 is 0 Å². The van der Waals surface area contributed by atoms with E-state index < -0.39 is 5.82 Å². The average Bonchev–Trinajstić information content (AvgIpc) is 3.47. The molecule has 3 aromatic heterocycles. The number of hydrogen-bond donors (Lipinski definition) is 2. The first-order chi connectivity index (χ1) is 16.1. The first kappa shape index (κ1) is 21.0. The van der Waals surface area contributed by atoms with Crippen molar-refractivity contribution in [1.82, 2.24) is 15.0 Å². The Kier molecular flexibility index (Phi) is 5.66. The maximum Gasteiger partial charge on any atom is 0.142 e. The van der Waals surface area contributed by atoms with Gasteiger partial charge in [0.05, 0.1) is 17.6 Å². The highest BCUT2D eigenvalue weighted by Crippen LogP contribution is 2.36. The Morgan fingerprint density at radius 1 is 1.18 bits per heavy atom. The molecule has 33 heavy (non-hydrogen) atoms. The molecule has 0 aliphatic carbocycles. The Labute approximate surface area is 191 Å². The number of fused-ring (bicyclic) bond motifs is 1. The van der Waals surface area contributed by atoms with Crippen LogP contribution in [0.15, 0.2) is 72.4 Å². The molecule has 3 N–H and O–H groups in total. The predicted molar refractivity (Wildman–Crippen MR) is 129 cm³/mol. The van der Waals surface area contributed by atoms with Crippen LogP contribution in [0, 0.1) is 5.82 Å². The van der Waals surface area contributed by atoms with Crippen molar-refractivity contribution >= 4 is 23.4 Å². The van der Waals surface area contributed by atoms with Crippen molar-refractivity contribution in [2.45, 2.75) is 25.3 Å². The van der Waals surface area contributed by atoms with E-state index in [1.807, 2.05) is 42.7 Å². The number of aliphatic imine (C=N–C) groups is 1. The lowest BCUT2D eigenvalue weighted by Crippen LogP contribution is -2.36. The SMILES string of the molecule is C=C(Nc1cccc(C2=CN=CC2)n1)N1c2nc(-c3cncc(F)c3)ccc2C[C@@H]1CCN. The maximum absolute atomic E-state index is 13.7. The number of anilines is 2. The van der Waals surface area contributed by atoms with Gasteiger partial charge in [0.1, 0.15) is 23.3 Å². The van der Waals surface area contributed by atoms with E-state index in [1.165, 1.54) is 12.3 Å². The van der Waals surface area contributed by atoms with Crippen molar-refractivity contribution in [3.05, 3.63) is 84.5 Å². The van der Waals surface area contributed by atoms with Gasteiger partial charge in [0, 0.05) is 42.2 Å². The lowest BCUT2D eigenvalue weighted by atomic mass is 10.1. The van der Waals surface area contributed by atoms with Gasteiger partial charge in [-0.15, -0.1) is 0 Å². The fourth-order valence-electron chi connectivity index (χ4n) is 4.26. The second-order valence-corrected chi connectivity index (χ2v) is 8.05. The molecule has 0 amide bonds. The lowest BCUT2D eigenvalue weighted by molar-refractivity contribution is 0.617. The molecule has 1 atom stereocenters. The molecule has 0 saturated carbocycles. The number of aromatic nitrogens is 3. The third-order valence-corrected chi connectivity index (χ3v) is 5.79. The van der Waals surface area contributed by atoms with Crippen molar-refractivity contribution in [2.24, 2.45) is 10.7 Å². The van der Waals surface area contributed by atoms with Gasteiger partial charge in [-0.2, -0.15) is 0 Å². The zero-order valence-corrected chi connectivity index (χ0v) is 18.1. The molecule has 0 saturated heterocycles.